The molecule has 0 radical (unpaired) electrons. The lowest BCUT2D eigenvalue weighted by Gasteiger charge is -2.09. The van der Waals surface area contributed by atoms with Gasteiger partial charge in [-0.25, -0.2) is 0 Å². The van der Waals surface area contributed by atoms with Gasteiger partial charge in [0.15, 0.2) is 0 Å². The van der Waals surface area contributed by atoms with E-state index in [0.29, 0.717) is 0 Å². The Morgan fingerprint density at radius 2 is 2.43 bits per heavy atom. The number of hydrogen-bond donors (Lipinski definition) is 1. The third kappa shape index (κ3) is 1.53. The minimum Gasteiger partial charge on any atom is -0.458 e. The average molecular weight is 209 g/mol. The first-order valence-corrected chi connectivity index (χ1v) is 5.28. The van der Waals surface area contributed by atoms with Crippen molar-refractivity contribution in [2.24, 2.45) is 0 Å². The van der Waals surface area contributed by atoms with E-state index in [0.717, 1.165) is 15.8 Å². The molecular formula is C10H11NO2S. The van der Waals surface area contributed by atoms with Gasteiger partial charge in [-0.3, -0.25) is 4.79 Å². The molecule has 3 nitrogen and oxygen atoms in total. The van der Waals surface area contributed by atoms with Crippen molar-refractivity contribution in [1.29, 1.82) is 0 Å². The second kappa shape index (κ2) is 3.46. The first kappa shape index (κ1) is 9.27. The van der Waals surface area contributed by atoms with E-state index in [1.807, 2.05) is 24.6 Å². The van der Waals surface area contributed by atoms with Crippen LogP contribution >= 0.6 is 11.3 Å². The van der Waals surface area contributed by atoms with Gasteiger partial charge in [-0.1, -0.05) is 0 Å². The van der Waals surface area contributed by atoms with Gasteiger partial charge in [-0.2, -0.15) is 0 Å². The minimum atomic E-state index is -0.248. The Hall–Kier alpha value is -1.29. The molecule has 0 fully saturated rings. The van der Waals surface area contributed by atoms with Crippen molar-refractivity contribution in [3.8, 4) is 0 Å². The highest BCUT2D eigenvalue weighted by atomic mass is 32.1. The zero-order chi connectivity index (χ0) is 10.1. The maximum absolute atomic E-state index is 10.8. The molecule has 0 saturated heterocycles. The second-order valence-electron chi connectivity index (χ2n) is 3.16. The summed E-state index contributed by atoms with van der Waals surface area (Å²) in [6.07, 6.45) is 1.71. The van der Waals surface area contributed by atoms with Gasteiger partial charge in [-0.05, 0) is 18.4 Å². The molecule has 2 aromatic rings. The Morgan fingerprint density at radius 3 is 3.14 bits per heavy atom. The van der Waals surface area contributed by atoms with Crippen molar-refractivity contribution in [2.45, 2.75) is 20.0 Å². The van der Waals surface area contributed by atoms with Gasteiger partial charge in [0.2, 0.25) is 0 Å². The average Bonchev–Trinajstić information content (AvgIpc) is 2.59. The molecule has 1 atom stereocenters. The smallest absolute Gasteiger partial charge is 0.303 e. The molecule has 1 unspecified atom stereocenters. The Morgan fingerprint density at radius 1 is 1.64 bits per heavy atom. The SMILES string of the molecule is CC(=O)OC(C)c1c[nH]c2sccc12. The standard InChI is InChI=1S/C10H11NO2S/c1-6(13-7(2)12)9-5-11-10-8(9)3-4-14-10/h3-6,11H,1-2H3. The quantitative estimate of drug-likeness (QED) is 0.773. The van der Waals surface area contributed by atoms with Gasteiger partial charge in [0.25, 0.3) is 0 Å². The van der Waals surface area contributed by atoms with E-state index in [1.54, 1.807) is 11.3 Å². The number of H-pyrrole nitrogens is 1. The van der Waals surface area contributed by atoms with Crippen LogP contribution in [0.4, 0.5) is 0 Å². The summed E-state index contributed by atoms with van der Waals surface area (Å²) in [6.45, 7) is 3.30. The molecule has 4 heteroatoms. The minimum absolute atomic E-state index is 0.184. The maximum Gasteiger partial charge on any atom is 0.303 e. The molecule has 2 aromatic heterocycles. The second-order valence-corrected chi connectivity index (χ2v) is 4.08. The van der Waals surface area contributed by atoms with Gasteiger partial charge in [0, 0.05) is 24.1 Å². The lowest BCUT2D eigenvalue weighted by atomic mass is 10.1. The molecule has 0 bridgehead atoms. The van der Waals surface area contributed by atoms with E-state index in [4.69, 9.17) is 4.74 Å². The summed E-state index contributed by atoms with van der Waals surface area (Å²) in [6, 6.07) is 2.03. The van der Waals surface area contributed by atoms with E-state index in [1.165, 1.54) is 6.92 Å². The van der Waals surface area contributed by atoms with Gasteiger partial charge in [0.05, 0.1) is 0 Å². The molecule has 0 aliphatic heterocycles. The summed E-state index contributed by atoms with van der Waals surface area (Å²) in [5, 5.41) is 3.16. The van der Waals surface area contributed by atoms with Crippen LogP contribution in [0.25, 0.3) is 10.2 Å². The van der Waals surface area contributed by atoms with Crippen molar-refractivity contribution in [3.05, 3.63) is 23.2 Å². The lowest BCUT2D eigenvalue weighted by Crippen LogP contribution is -2.03. The number of ether oxygens (including phenoxy) is 1. The van der Waals surface area contributed by atoms with E-state index >= 15 is 0 Å². The van der Waals surface area contributed by atoms with Gasteiger partial charge in [-0.15, -0.1) is 11.3 Å². The number of carbonyl (C=O) groups is 1. The van der Waals surface area contributed by atoms with Crippen LogP contribution in [0.5, 0.6) is 0 Å². The normalized spacial score (nSPS) is 13.0. The van der Waals surface area contributed by atoms with Crippen molar-refractivity contribution in [3.63, 3.8) is 0 Å². The Labute approximate surface area is 85.7 Å². The summed E-state index contributed by atoms with van der Waals surface area (Å²) in [5.74, 6) is -0.248. The van der Waals surface area contributed by atoms with Crippen LogP contribution in [-0.2, 0) is 9.53 Å². The number of aromatic amines is 1. The number of fused-ring (bicyclic) bond motifs is 1. The molecule has 0 saturated carbocycles. The van der Waals surface area contributed by atoms with Crippen molar-refractivity contribution < 1.29 is 9.53 Å². The molecular weight excluding hydrogens is 198 g/mol. The highest BCUT2D eigenvalue weighted by Crippen LogP contribution is 2.29. The maximum atomic E-state index is 10.8. The van der Waals surface area contributed by atoms with Crippen LogP contribution in [-0.4, -0.2) is 11.0 Å². The van der Waals surface area contributed by atoms with Crippen LogP contribution in [0.15, 0.2) is 17.6 Å². The van der Waals surface area contributed by atoms with Gasteiger partial charge >= 0.3 is 5.97 Å². The van der Waals surface area contributed by atoms with Crippen LogP contribution < -0.4 is 0 Å². The molecule has 2 heterocycles. The van der Waals surface area contributed by atoms with E-state index in [2.05, 4.69) is 4.98 Å². The molecule has 0 aliphatic carbocycles. The number of nitrogens with one attached hydrogen (secondary N) is 1. The zero-order valence-electron chi connectivity index (χ0n) is 8.03. The van der Waals surface area contributed by atoms with E-state index in [9.17, 15) is 4.79 Å². The van der Waals surface area contributed by atoms with Gasteiger partial charge in [0.1, 0.15) is 10.9 Å². The third-order valence-electron chi connectivity index (χ3n) is 2.12. The predicted octanol–water partition coefficient (Wildman–Crippen LogP) is 2.85. The van der Waals surface area contributed by atoms with E-state index < -0.39 is 0 Å². The highest BCUT2D eigenvalue weighted by molar-refractivity contribution is 7.16. The van der Waals surface area contributed by atoms with Crippen molar-refractivity contribution in [2.75, 3.05) is 0 Å². The largest absolute Gasteiger partial charge is 0.458 e. The van der Waals surface area contributed by atoms with Crippen LogP contribution in [0.2, 0.25) is 0 Å². The summed E-state index contributed by atoms with van der Waals surface area (Å²) >= 11 is 1.65. The van der Waals surface area contributed by atoms with E-state index in [-0.39, 0.29) is 12.1 Å². The number of hydrogen-bond acceptors (Lipinski definition) is 3. The first-order chi connectivity index (χ1) is 6.68. The van der Waals surface area contributed by atoms with Crippen LogP contribution in [0, 0.1) is 0 Å². The molecule has 14 heavy (non-hydrogen) atoms. The fourth-order valence-corrected chi connectivity index (χ4v) is 2.30. The number of rotatable bonds is 2. The molecule has 0 amide bonds. The highest BCUT2D eigenvalue weighted by Gasteiger charge is 2.13. The zero-order valence-corrected chi connectivity index (χ0v) is 8.85. The fraction of sp³-hybridized carbons (Fsp3) is 0.300. The van der Waals surface area contributed by atoms with Crippen LogP contribution in [0.1, 0.15) is 25.5 Å². The molecule has 2 rings (SSSR count). The van der Waals surface area contributed by atoms with Crippen molar-refractivity contribution >= 4 is 27.5 Å². The molecule has 74 valence electrons. The number of carbonyl (C=O) groups excluding carboxylic acids is 1. The lowest BCUT2D eigenvalue weighted by molar-refractivity contribution is -0.145. The molecule has 1 N–H and O–H groups in total. The van der Waals surface area contributed by atoms with Crippen LogP contribution in [0.3, 0.4) is 0 Å². The summed E-state index contributed by atoms with van der Waals surface area (Å²) in [4.78, 5) is 15.1. The first-order valence-electron chi connectivity index (χ1n) is 4.40. The monoisotopic (exact) mass is 209 g/mol. The summed E-state index contributed by atoms with van der Waals surface area (Å²) in [7, 11) is 0. The summed E-state index contributed by atoms with van der Waals surface area (Å²) < 4.78 is 5.12. The van der Waals surface area contributed by atoms with Crippen molar-refractivity contribution in [1.82, 2.24) is 4.98 Å². The predicted molar refractivity (Wildman–Crippen MR) is 56.4 cm³/mol. The third-order valence-corrected chi connectivity index (χ3v) is 2.96. The molecule has 0 spiro atoms. The summed E-state index contributed by atoms with van der Waals surface area (Å²) in [5.41, 5.74) is 1.04. The molecule has 0 aliphatic rings. The number of esters is 1. The Bertz CT molecular complexity index is 457. The fourth-order valence-electron chi connectivity index (χ4n) is 1.52. The Balaban J connectivity index is 2.33. The molecule has 0 aromatic carbocycles. The number of aromatic nitrogens is 1. The topological polar surface area (TPSA) is 42.1 Å². The van der Waals surface area contributed by atoms with Gasteiger partial charge < -0.3 is 9.72 Å². The Kier molecular flexibility index (Phi) is 2.29. The number of thiophene rings is 1.